The second-order valence-corrected chi connectivity index (χ2v) is 20.3. The van der Waals surface area contributed by atoms with E-state index >= 15 is 0 Å². The highest BCUT2D eigenvalue weighted by atomic mass is 16.7. The van der Waals surface area contributed by atoms with Gasteiger partial charge in [-0.3, -0.25) is 38.4 Å². The van der Waals surface area contributed by atoms with E-state index in [2.05, 4.69) is 36.9 Å². The molecule has 9 N–H and O–H groups in total. The predicted octanol–water partition coefficient (Wildman–Crippen LogP) is 3.23. The molecule has 27 heteroatoms. The van der Waals surface area contributed by atoms with E-state index in [4.69, 9.17) is 29.4 Å². The van der Waals surface area contributed by atoms with Crippen LogP contribution in [0.3, 0.4) is 0 Å². The van der Waals surface area contributed by atoms with Crippen LogP contribution in [-0.4, -0.2) is 132 Å². The molecule has 0 unspecified atom stereocenters. The number of benzene rings is 2. The van der Waals surface area contributed by atoms with Gasteiger partial charge in [0.2, 0.25) is 23.6 Å². The number of unbranched alkanes of at least 4 members (excludes halogenated alkanes) is 1. The zero-order valence-electron chi connectivity index (χ0n) is 47.3. The number of esters is 3. The third-order valence-electron chi connectivity index (χ3n) is 11.2. The summed E-state index contributed by atoms with van der Waals surface area (Å²) in [6, 6.07) is 14.3. The third-order valence-corrected chi connectivity index (χ3v) is 11.2. The zero-order valence-corrected chi connectivity index (χ0v) is 47.3. The summed E-state index contributed by atoms with van der Waals surface area (Å²) >= 11 is 0. The van der Waals surface area contributed by atoms with E-state index in [0.29, 0.717) is 19.3 Å². The minimum Gasteiger partial charge on any atom is -0.462 e. The van der Waals surface area contributed by atoms with Gasteiger partial charge in [0.15, 0.2) is 5.03 Å². The Morgan fingerprint density at radius 1 is 0.630 bits per heavy atom. The second-order valence-electron chi connectivity index (χ2n) is 20.3. The molecule has 2 aromatic rings. The van der Waals surface area contributed by atoms with Gasteiger partial charge in [0, 0.05) is 38.0 Å². The number of nitrogens with two attached hydrogens (primary N) is 1. The molecule has 0 aliphatic rings. The average Bonchev–Trinajstić information content (AvgIpc) is 3.37. The van der Waals surface area contributed by atoms with Gasteiger partial charge in [0.1, 0.15) is 55.4 Å². The monoisotopic (exact) mass is 1140 g/mol. The lowest BCUT2D eigenvalue weighted by molar-refractivity contribution is -0.525. The van der Waals surface area contributed by atoms with E-state index in [1.165, 1.54) is 27.7 Å². The number of alkyl carbamates (subject to hydrolysis) is 2. The Labute approximate surface area is 471 Å². The number of guanidine groups is 1. The molecule has 448 valence electrons. The van der Waals surface area contributed by atoms with Crippen LogP contribution in [0.1, 0.15) is 131 Å². The normalized spacial score (nSPS) is 13.8. The Morgan fingerprint density at radius 2 is 1.20 bits per heavy atom. The topological polar surface area (TPSA) is 383 Å². The lowest BCUT2D eigenvalue weighted by Gasteiger charge is -2.23. The van der Waals surface area contributed by atoms with Crippen LogP contribution in [-0.2, 0) is 75.3 Å². The van der Waals surface area contributed by atoms with Crippen molar-refractivity contribution in [3.63, 3.8) is 0 Å². The van der Waals surface area contributed by atoms with Crippen molar-refractivity contribution in [1.82, 2.24) is 37.3 Å². The van der Waals surface area contributed by atoms with Crippen molar-refractivity contribution in [1.29, 1.82) is 0 Å². The first-order valence-electron chi connectivity index (χ1n) is 26.6. The number of hydrogen-bond acceptors (Lipinski definition) is 18. The van der Waals surface area contributed by atoms with Crippen molar-refractivity contribution in [3.05, 3.63) is 81.9 Å². The van der Waals surface area contributed by atoms with Crippen molar-refractivity contribution >= 4 is 65.5 Å². The minimum absolute atomic E-state index is 0.0182. The molecule has 0 aliphatic heterocycles. The Balaban J connectivity index is 1.81. The Kier molecular flexibility index (Phi) is 31.1. The Bertz CT molecular complexity index is 2420. The molecule has 0 fully saturated rings. The van der Waals surface area contributed by atoms with Crippen LogP contribution >= 0.6 is 0 Å². The van der Waals surface area contributed by atoms with Gasteiger partial charge in [-0.1, -0.05) is 72.5 Å². The molecule has 7 atom stereocenters. The number of nitrogens with one attached hydrogen (secondary N) is 7. The number of Topliss-reactive ketones (excluding diaryl/α,β-unsaturated/α-hetero) is 1. The maximum atomic E-state index is 13.3. The van der Waals surface area contributed by atoms with Gasteiger partial charge in [0.05, 0.1) is 25.2 Å². The fraction of sp³-hybridized carbons (Fsp3) is 0.574. The molecule has 81 heavy (non-hydrogen) atoms. The summed E-state index contributed by atoms with van der Waals surface area (Å²) in [6.07, 6.45) is -3.14. The van der Waals surface area contributed by atoms with Gasteiger partial charge in [-0.15, -0.1) is 0 Å². The molecular weight excluding hydrogens is 1060 g/mol. The van der Waals surface area contributed by atoms with Crippen LogP contribution in [0.2, 0.25) is 0 Å². The standard InChI is InChI=1S/C54H80N10O17/c1-34(26-46(68)79-36(3)28-42(65)30-41(50(72)77-32-39-18-11-9-12-19-39)22-15-16-24-57-52(73)78-33-40-20-13-10-14-21-40)59-44(66)29-37(4)80-47(69)27-35(2)60-48(70)38(5)61-49(71)43(23-17-25-56-51(55)63-64(75)76)62-45(67)31-58-53(74)81-54(6,7)8/h9-14,18-21,34-38,41,43H,15-17,22-33H2,1-8H3,(H,57,73)(H,58,74)(H,59,66)(H,60,70)(H,61,71)(H,62,67)(H3,55,56,63)/t34-,35-,36+,37+,38-,41+,43-/m0/s1. The maximum Gasteiger partial charge on any atom is 0.408 e. The van der Waals surface area contributed by atoms with Crippen LogP contribution in [0, 0.1) is 16.0 Å². The molecule has 6 amide bonds. The fourth-order valence-corrected chi connectivity index (χ4v) is 7.49. The SMILES string of the molecule is C[C@H](CC(=O)C[C@@H](CCCCNC(=O)OCc1ccccc1)C(=O)OCc1ccccc1)OC(=O)C[C@H](C)NC(=O)C[C@@H](C)OC(=O)C[C@H](C)NC(=O)[C@H](C)NC(=O)[C@H](CCCN=C(N)N[N+](=O)[O-])NC(=O)CNC(=O)OC(C)(C)C. The first-order chi connectivity index (χ1) is 38.2. The molecule has 2 rings (SSSR count). The largest absolute Gasteiger partial charge is 0.462 e. The molecule has 0 radical (unpaired) electrons. The van der Waals surface area contributed by atoms with Crippen molar-refractivity contribution < 1.29 is 76.7 Å². The van der Waals surface area contributed by atoms with E-state index in [1.54, 1.807) is 45.3 Å². The quantitative estimate of drug-likeness (QED) is 0.00934. The number of hydrogen-bond donors (Lipinski definition) is 8. The molecule has 0 spiro atoms. The van der Waals surface area contributed by atoms with E-state index in [-0.39, 0.29) is 77.0 Å². The number of amides is 6. The summed E-state index contributed by atoms with van der Waals surface area (Å²) in [5.41, 5.74) is 7.88. The molecular formula is C54H80N10O17. The summed E-state index contributed by atoms with van der Waals surface area (Å²) in [6.45, 7) is 12.1. The number of ketones is 1. The van der Waals surface area contributed by atoms with Gasteiger partial charge in [-0.25, -0.2) is 24.7 Å². The van der Waals surface area contributed by atoms with Gasteiger partial charge in [-0.2, -0.15) is 0 Å². The van der Waals surface area contributed by atoms with Crippen LogP contribution < -0.4 is 43.1 Å². The predicted molar refractivity (Wildman–Crippen MR) is 292 cm³/mol. The third kappa shape index (κ3) is 33.0. The van der Waals surface area contributed by atoms with Crippen molar-refractivity contribution in [2.45, 2.75) is 175 Å². The Hall–Kier alpha value is -8.39. The highest BCUT2D eigenvalue weighted by Gasteiger charge is 2.28. The van der Waals surface area contributed by atoms with Crippen molar-refractivity contribution in [2.75, 3.05) is 19.6 Å². The molecule has 27 nitrogen and oxygen atoms in total. The van der Waals surface area contributed by atoms with E-state index in [9.17, 15) is 58.1 Å². The van der Waals surface area contributed by atoms with E-state index < -0.39 is 119 Å². The van der Waals surface area contributed by atoms with E-state index in [0.717, 1.165) is 11.1 Å². The molecule has 0 aliphatic carbocycles. The van der Waals surface area contributed by atoms with Crippen molar-refractivity contribution in [3.8, 4) is 0 Å². The lowest BCUT2D eigenvalue weighted by atomic mass is 9.94. The highest BCUT2D eigenvalue weighted by Crippen LogP contribution is 2.19. The molecule has 2 aromatic carbocycles. The molecule has 0 saturated heterocycles. The number of nitrogens with zero attached hydrogens (tertiary/aromatic N) is 2. The van der Waals surface area contributed by atoms with Gasteiger partial charge in [-0.05, 0) is 92.2 Å². The molecule has 0 bridgehead atoms. The van der Waals surface area contributed by atoms with Gasteiger partial charge < -0.3 is 61.3 Å². The van der Waals surface area contributed by atoms with Gasteiger partial charge >= 0.3 is 30.1 Å². The highest BCUT2D eigenvalue weighted by molar-refractivity contribution is 5.93. The number of nitro groups is 1. The number of hydrazine groups is 1. The summed E-state index contributed by atoms with van der Waals surface area (Å²) < 4.78 is 26.7. The average molecular weight is 1140 g/mol. The number of ether oxygens (including phenoxy) is 5. The van der Waals surface area contributed by atoms with Gasteiger partial charge in [0.25, 0.3) is 5.96 Å². The summed E-state index contributed by atoms with van der Waals surface area (Å²) in [4.78, 5) is 143. The second kappa shape index (κ2) is 36.7. The number of aliphatic imine (C=N–C) groups is 1. The Morgan fingerprint density at radius 3 is 1.78 bits per heavy atom. The van der Waals surface area contributed by atoms with Crippen LogP contribution in [0.25, 0.3) is 0 Å². The first-order valence-corrected chi connectivity index (χ1v) is 26.6. The lowest BCUT2D eigenvalue weighted by Crippen LogP contribution is -2.54. The number of carbonyl (C=O) groups excluding carboxylic acids is 10. The zero-order chi connectivity index (χ0) is 60.5. The van der Waals surface area contributed by atoms with Crippen LogP contribution in [0.5, 0.6) is 0 Å². The number of rotatable bonds is 35. The smallest absolute Gasteiger partial charge is 0.408 e. The molecule has 0 aromatic heterocycles. The number of carbonyl (C=O) groups is 10. The fourth-order valence-electron chi connectivity index (χ4n) is 7.49. The molecule has 0 saturated carbocycles. The van der Waals surface area contributed by atoms with Crippen molar-refractivity contribution in [2.24, 2.45) is 16.6 Å². The van der Waals surface area contributed by atoms with E-state index in [1.807, 2.05) is 48.5 Å². The minimum atomic E-state index is -1.26. The first kappa shape index (κ1) is 68.7. The maximum absolute atomic E-state index is 13.3. The van der Waals surface area contributed by atoms with Crippen LogP contribution in [0.15, 0.2) is 65.7 Å². The van der Waals surface area contributed by atoms with Crippen LogP contribution in [0.4, 0.5) is 9.59 Å². The summed E-state index contributed by atoms with van der Waals surface area (Å²) in [5, 5.41) is 24.8. The summed E-state index contributed by atoms with van der Waals surface area (Å²) in [5.74, 6) is -6.46. The summed E-state index contributed by atoms with van der Waals surface area (Å²) in [7, 11) is 0. The molecule has 0 heterocycles.